The number of rotatable bonds is 2. The second-order valence-electron chi connectivity index (χ2n) is 3.12. The van der Waals surface area contributed by atoms with Crippen molar-refractivity contribution in [2.75, 3.05) is 26.2 Å². The van der Waals surface area contributed by atoms with Gasteiger partial charge in [0.2, 0.25) is 0 Å². The van der Waals surface area contributed by atoms with Crippen LogP contribution in [0.1, 0.15) is 4.88 Å². The van der Waals surface area contributed by atoms with Gasteiger partial charge in [0.05, 0.1) is 15.5 Å². The van der Waals surface area contributed by atoms with Crippen molar-refractivity contribution in [2.45, 2.75) is 6.54 Å². The van der Waals surface area contributed by atoms with Gasteiger partial charge in [0.1, 0.15) is 0 Å². The normalized spacial score (nSPS) is 19.2. The molecule has 1 N–H and O–H groups in total. The van der Waals surface area contributed by atoms with Crippen LogP contribution in [-0.2, 0) is 6.54 Å². The lowest BCUT2D eigenvalue weighted by atomic mass is 10.3. The van der Waals surface area contributed by atoms with Crippen LogP contribution in [0.3, 0.4) is 0 Å². The van der Waals surface area contributed by atoms with Crippen LogP contribution in [0.4, 0.5) is 0 Å². The SMILES string of the molecule is Brc1cnsc1CN1CCNCC1. The minimum Gasteiger partial charge on any atom is -0.314 e. The Labute approximate surface area is 90.4 Å². The van der Waals surface area contributed by atoms with Gasteiger partial charge in [-0.2, -0.15) is 4.37 Å². The van der Waals surface area contributed by atoms with Gasteiger partial charge in [-0.25, -0.2) is 0 Å². The van der Waals surface area contributed by atoms with E-state index in [-0.39, 0.29) is 0 Å². The maximum atomic E-state index is 4.14. The summed E-state index contributed by atoms with van der Waals surface area (Å²) >= 11 is 5.08. The van der Waals surface area contributed by atoms with Crippen LogP contribution in [0.25, 0.3) is 0 Å². The van der Waals surface area contributed by atoms with Gasteiger partial charge in [0, 0.05) is 32.7 Å². The van der Waals surface area contributed by atoms with Crippen molar-refractivity contribution in [1.29, 1.82) is 0 Å². The fourth-order valence-electron chi connectivity index (χ4n) is 1.43. The van der Waals surface area contributed by atoms with Crippen molar-refractivity contribution in [3.63, 3.8) is 0 Å². The predicted molar refractivity (Wildman–Crippen MR) is 58.0 cm³/mol. The van der Waals surface area contributed by atoms with Crippen LogP contribution in [0.2, 0.25) is 0 Å². The molecule has 1 fully saturated rings. The summed E-state index contributed by atoms with van der Waals surface area (Å²) in [5.74, 6) is 0. The molecule has 1 aromatic rings. The Bertz CT molecular complexity index is 270. The Morgan fingerprint density at radius 3 is 2.92 bits per heavy atom. The van der Waals surface area contributed by atoms with Crippen LogP contribution in [-0.4, -0.2) is 35.5 Å². The zero-order valence-corrected chi connectivity index (χ0v) is 9.70. The first kappa shape index (κ1) is 9.58. The van der Waals surface area contributed by atoms with Gasteiger partial charge in [-0.1, -0.05) is 0 Å². The lowest BCUT2D eigenvalue weighted by molar-refractivity contribution is 0.235. The smallest absolute Gasteiger partial charge is 0.0552 e. The summed E-state index contributed by atoms with van der Waals surface area (Å²) in [7, 11) is 0. The second-order valence-corrected chi connectivity index (χ2v) is 4.86. The molecule has 5 heteroatoms. The van der Waals surface area contributed by atoms with Gasteiger partial charge < -0.3 is 5.32 Å². The third kappa shape index (κ3) is 2.49. The Balaban J connectivity index is 1.93. The fraction of sp³-hybridized carbons (Fsp3) is 0.625. The minimum atomic E-state index is 1.03. The third-order valence-corrected chi connectivity index (χ3v) is 3.90. The molecule has 0 atom stereocenters. The molecule has 0 amide bonds. The molecule has 2 rings (SSSR count). The average molecular weight is 262 g/mol. The molecule has 3 nitrogen and oxygen atoms in total. The zero-order valence-electron chi connectivity index (χ0n) is 7.29. The van der Waals surface area contributed by atoms with Crippen molar-refractivity contribution in [2.24, 2.45) is 0 Å². The Morgan fingerprint density at radius 2 is 2.31 bits per heavy atom. The van der Waals surface area contributed by atoms with E-state index in [1.165, 1.54) is 4.88 Å². The quantitative estimate of drug-likeness (QED) is 0.871. The van der Waals surface area contributed by atoms with Gasteiger partial charge in [-0.15, -0.1) is 0 Å². The first-order valence-corrected chi connectivity index (χ1v) is 5.95. The highest BCUT2D eigenvalue weighted by Crippen LogP contribution is 2.21. The molecule has 1 aliphatic rings. The summed E-state index contributed by atoms with van der Waals surface area (Å²) in [6, 6.07) is 0. The lowest BCUT2D eigenvalue weighted by Crippen LogP contribution is -2.42. The summed E-state index contributed by atoms with van der Waals surface area (Å²) in [6.07, 6.45) is 1.88. The van der Waals surface area contributed by atoms with Gasteiger partial charge >= 0.3 is 0 Å². The first-order chi connectivity index (χ1) is 6.36. The molecule has 0 unspecified atom stereocenters. The van der Waals surface area contributed by atoms with E-state index in [1.54, 1.807) is 11.5 Å². The lowest BCUT2D eigenvalue weighted by Gasteiger charge is -2.26. The summed E-state index contributed by atoms with van der Waals surface area (Å²) in [5, 5.41) is 3.34. The zero-order chi connectivity index (χ0) is 9.10. The highest BCUT2D eigenvalue weighted by atomic mass is 79.9. The molecule has 1 saturated heterocycles. The topological polar surface area (TPSA) is 28.2 Å². The number of hydrogen-bond donors (Lipinski definition) is 1. The summed E-state index contributed by atoms with van der Waals surface area (Å²) in [4.78, 5) is 3.79. The molecule has 0 radical (unpaired) electrons. The van der Waals surface area contributed by atoms with Gasteiger partial charge in [-0.3, -0.25) is 4.90 Å². The van der Waals surface area contributed by atoms with Crippen LogP contribution in [0, 0.1) is 0 Å². The van der Waals surface area contributed by atoms with Crippen molar-refractivity contribution < 1.29 is 0 Å². The number of piperazine rings is 1. The van der Waals surface area contributed by atoms with E-state index in [0.29, 0.717) is 0 Å². The largest absolute Gasteiger partial charge is 0.314 e. The van der Waals surface area contributed by atoms with E-state index in [2.05, 4.69) is 30.5 Å². The molecule has 72 valence electrons. The van der Waals surface area contributed by atoms with E-state index < -0.39 is 0 Å². The van der Waals surface area contributed by atoms with Crippen LogP contribution < -0.4 is 5.32 Å². The number of aromatic nitrogens is 1. The molecule has 0 bridgehead atoms. The number of nitrogens with one attached hydrogen (secondary N) is 1. The molecular weight excluding hydrogens is 250 g/mol. The van der Waals surface area contributed by atoms with Crippen molar-refractivity contribution in [3.8, 4) is 0 Å². The van der Waals surface area contributed by atoms with Gasteiger partial charge in [-0.05, 0) is 27.5 Å². The van der Waals surface area contributed by atoms with Crippen molar-refractivity contribution in [3.05, 3.63) is 15.5 Å². The second kappa shape index (κ2) is 4.50. The van der Waals surface area contributed by atoms with Gasteiger partial charge in [0.25, 0.3) is 0 Å². The average Bonchev–Trinajstić information content (AvgIpc) is 2.54. The highest BCUT2D eigenvalue weighted by molar-refractivity contribution is 9.10. The summed E-state index contributed by atoms with van der Waals surface area (Å²) < 4.78 is 5.29. The Morgan fingerprint density at radius 1 is 1.54 bits per heavy atom. The maximum Gasteiger partial charge on any atom is 0.0552 e. The predicted octanol–water partition coefficient (Wildman–Crippen LogP) is 1.31. The molecule has 0 aliphatic carbocycles. The molecule has 1 aliphatic heterocycles. The number of nitrogens with zero attached hydrogens (tertiary/aromatic N) is 2. The van der Waals surface area contributed by atoms with Crippen molar-refractivity contribution >= 4 is 27.5 Å². The van der Waals surface area contributed by atoms with E-state index in [1.807, 2.05) is 6.20 Å². The summed E-state index contributed by atoms with van der Waals surface area (Å²) in [6.45, 7) is 5.54. The van der Waals surface area contributed by atoms with Crippen molar-refractivity contribution in [1.82, 2.24) is 14.6 Å². The van der Waals surface area contributed by atoms with E-state index in [0.717, 1.165) is 37.2 Å². The Hall–Kier alpha value is 0.0300. The fourth-order valence-corrected chi connectivity index (χ4v) is 2.67. The highest BCUT2D eigenvalue weighted by Gasteiger charge is 2.12. The summed E-state index contributed by atoms with van der Waals surface area (Å²) in [5.41, 5.74) is 0. The van der Waals surface area contributed by atoms with E-state index in [4.69, 9.17) is 0 Å². The molecular formula is C8H12BrN3S. The third-order valence-electron chi connectivity index (χ3n) is 2.17. The maximum absolute atomic E-state index is 4.14. The number of hydrogen-bond acceptors (Lipinski definition) is 4. The van der Waals surface area contributed by atoms with E-state index in [9.17, 15) is 0 Å². The monoisotopic (exact) mass is 261 g/mol. The Kier molecular flexibility index (Phi) is 3.32. The number of halogens is 1. The van der Waals surface area contributed by atoms with Gasteiger partial charge in [0.15, 0.2) is 0 Å². The molecule has 0 saturated carbocycles. The molecule has 1 aromatic heterocycles. The van der Waals surface area contributed by atoms with Crippen LogP contribution >= 0.6 is 27.5 Å². The standard InChI is InChI=1S/C8H12BrN3S/c9-7-5-11-13-8(7)6-12-3-1-10-2-4-12/h5,10H,1-4,6H2. The first-order valence-electron chi connectivity index (χ1n) is 4.38. The van der Waals surface area contributed by atoms with E-state index >= 15 is 0 Å². The van der Waals surface area contributed by atoms with Crippen LogP contribution in [0.5, 0.6) is 0 Å². The minimum absolute atomic E-state index is 1.03. The molecule has 2 heterocycles. The molecule has 13 heavy (non-hydrogen) atoms. The van der Waals surface area contributed by atoms with Crippen LogP contribution in [0.15, 0.2) is 10.7 Å². The molecule has 0 aromatic carbocycles. The molecule has 0 spiro atoms.